The third kappa shape index (κ3) is 4.56. The van der Waals surface area contributed by atoms with E-state index < -0.39 is 0 Å². The molecule has 162 valence electrons. The monoisotopic (exact) mass is 454 g/mol. The second-order valence-electron chi connectivity index (χ2n) is 7.52. The van der Waals surface area contributed by atoms with Crippen LogP contribution in [0.3, 0.4) is 0 Å². The molecule has 0 unspecified atom stereocenters. The Morgan fingerprint density at radius 2 is 1.79 bits per heavy atom. The summed E-state index contributed by atoms with van der Waals surface area (Å²) in [5.74, 6) is 0.975. The molecule has 0 fully saturated rings. The molecular weight excluding hydrogens is 436 g/mol. The number of carbonyl (C=O) groups excluding carboxylic acids is 1. The third-order valence-corrected chi connectivity index (χ3v) is 5.52. The molecule has 2 heterocycles. The lowest BCUT2D eigenvalue weighted by Crippen LogP contribution is -2.07. The van der Waals surface area contributed by atoms with Gasteiger partial charge in [-0.25, -0.2) is 0 Å². The molecule has 0 bridgehead atoms. The van der Waals surface area contributed by atoms with E-state index >= 15 is 0 Å². The Morgan fingerprint density at radius 1 is 0.970 bits per heavy atom. The lowest BCUT2D eigenvalue weighted by molar-refractivity contribution is -0.111. The van der Waals surface area contributed by atoms with Gasteiger partial charge in [0.15, 0.2) is 0 Å². The van der Waals surface area contributed by atoms with E-state index in [0.29, 0.717) is 27.7 Å². The maximum absolute atomic E-state index is 12.4. The van der Waals surface area contributed by atoms with Crippen molar-refractivity contribution >= 4 is 40.3 Å². The maximum Gasteiger partial charge on any atom is 0.248 e. The van der Waals surface area contributed by atoms with Gasteiger partial charge in [-0.2, -0.15) is 4.80 Å². The van der Waals surface area contributed by atoms with Gasteiger partial charge in [-0.1, -0.05) is 41.9 Å². The predicted octanol–water partition coefficient (Wildman–Crippen LogP) is 6.29. The number of carbonyl (C=O) groups is 1. The van der Waals surface area contributed by atoms with E-state index in [4.69, 9.17) is 16.0 Å². The number of anilines is 1. The molecule has 1 amide bonds. The predicted molar refractivity (Wildman–Crippen MR) is 130 cm³/mol. The van der Waals surface area contributed by atoms with Crippen LogP contribution in [0, 0.1) is 6.92 Å². The topological polar surface area (TPSA) is 73.0 Å². The van der Waals surface area contributed by atoms with Gasteiger partial charge in [0.25, 0.3) is 0 Å². The van der Waals surface area contributed by atoms with Crippen LogP contribution in [0.2, 0.25) is 5.02 Å². The van der Waals surface area contributed by atoms with Crippen molar-refractivity contribution in [1.29, 1.82) is 0 Å². The highest BCUT2D eigenvalue weighted by Gasteiger charge is 2.08. The normalized spacial score (nSPS) is 11.3. The fraction of sp³-hybridized carbons (Fsp3) is 0.0385. The number of nitrogens with one attached hydrogen (secondary N) is 1. The van der Waals surface area contributed by atoms with Crippen molar-refractivity contribution in [2.24, 2.45) is 0 Å². The summed E-state index contributed by atoms with van der Waals surface area (Å²) in [5, 5.41) is 12.5. The number of nitrogens with zero attached hydrogens (tertiary/aromatic N) is 3. The Morgan fingerprint density at radius 3 is 2.61 bits per heavy atom. The van der Waals surface area contributed by atoms with Gasteiger partial charge in [0, 0.05) is 22.3 Å². The van der Waals surface area contributed by atoms with Crippen LogP contribution in [0.1, 0.15) is 11.3 Å². The first-order valence-corrected chi connectivity index (χ1v) is 10.7. The second-order valence-corrected chi connectivity index (χ2v) is 7.92. The minimum absolute atomic E-state index is 0.277. The van der Waals surface area contributed by atoms with Crippen molar-refractivity contribution in [3.8, 4) is 17.0 Å². The van der Waals surface area contributed by atoms with E-state index in [9.17, 15) is 4.79 Å². The van der Waals surface area contributed by atoms with Crippen LogP contribution in [0.4, 0.5) is 5.69 Å². The standard InChI is InChI=1S/C26H19ClN4O2/c1-17-7-8-18(15-22(17)27)25-13-10-21(33-25)11-14-26(32)28-19-9-12-23-24(16-19)30-31(29-23)20-5-3-2-4-6-20/h2-16H,1H3,(H,28,32)/b14-11+. The number of benzene rings is 3. The number of para-hydroxylation sites is 1. The largest absolute Gasteiger partial charge is 0.457 e. The van der Waals surface area contributed by atoms with Crippen molar-refractivity contribution in [2.75, 3.05) is 5.32 Å². The Bertz CT molecular complexity index is 1490. The quantitative estimate of drug-likeness (QED) is 0.316. The molecule has 6 nitrogen and oxygen atoms in total. The highest BCUT2D eigenvalue weighted by molar-refractivity contribution is 6.31. The summed E-state index contributed by atoms with van der Waals surface area (Å²) >= 11 is 6.20. The molecule has 0 spiro atoms. The number of aromatic nitrogens is 3. The number of amides is 1. The molecule has 2 aromatic heterocycles. The summed E-state index contributed by atoms with van der Waals surface area (Å²) in [7, 11) is 0. The molecule has 0 saturated heterocycles. The van der Waals surface area contributed by atoms with E-state index in [1.165, 1.54) is 6.08 Å². The molecule has 0 aliphatic carbocycles. The van der Waals surface area contributed by atoms with Gasteiger partial charge in [-0.3, -0.25) is 4.79 Å². The minimum Gasteiger partial charge on any atom is -0.457 e. The van der Waals surface area contributed by atoms with Crippen molar-refractivity contribution in [3.63, 3.8) is 0 Å². The average Bonchev–Trinajstić information content (AvgIpc) is 3.47. The summed E-state index contributed by atoms with van der Waals surface area (Å²) in [6.45, 7) is 1.95. The molecule has 5 rings (SSSR count). The summed E-state index contributed by atoms with van der Waals surface area (Å²) in [6, 6.07) is 24.5. The van der Waals surface area contributed by atoms with E-state index in [1.807, 2.05) is 67.6 Å². The van der Waals surface area contributed by atoms with Crippen LogP contribution in [0.5, 0.6) is 0 Å². The molecule has 5 aromatic rings. The minimum atomic E-state index is -0.277. The zero-order chi connectivity index (χ0) is 22.8. The average molecular weight is 455 g/mol. The fourth-order valence-electron chi connectivity index (χ4n) is 3.35. The van der Waals surface area contributed by atoms with Gasteiger partial charge >= 0.3 is 0 Å². The summed E-state index contributed by atoms with van der Waals surface area (Å²) in [4.78, 5) is 14.0. The van der Waals surface area contributed by atoms with Crippen LogP contribution in [-0.4, -0.2) is 20.9 Å². The van der Waals surface area contributed by atoms with Gasteiger partial charge in [0.1, 0.15) is 22.6 Å². The molecule has 0 radical (unpaired) electrons. The number of hydrogen-bond donors (Lipinski definition) is 1. The number of aryl methyl sites for hydroxylation is 1. The van der Waals surface area contributed by atoms with Crippen molar-refractivity contribution in [3.05, 3.63) is 101 Å². The second kappa shape index (κ2) is 8.76. The molecule has 7 heteroatoms. The van der Waals surface area contributed by atoms with Crippen LogP contribution in [0.25, 0.3) is 34.1 Å². The van der Waals surface area contributed by atoms with Crippen molar-refractivity contribution in [2.45, 2.75) is 6.92 Å². The highest BCUT2D eigenvalue weighted by Crippen LogP contribution is 2.27. The van der Waals surface area contributed by atoms with Crippen LogP contribution in [0.15, 0.2) is 89.4 Å². The summed E-state index contributed by atoms with van der Waals surface area (Å²) in [6.07, 6.45) is 3.05. The highest BCUT2D eigenvalue weighted by atomic mass is 35.5. The molecule has 0 aliphatic heterocycles. The van der Waals surface area contributed by atoms with Crippen LogP contribution >= 0.6 is 11.6 Å². The number of furan rings is 1. The maximum atomic E-state index is 12.4. The zero-order valence-corrected chi connectivity index (χ0v) is 18.5. The van der Waals surface area contributed by atoms with Crippen molar-refractivity contribution in [1.82, 2.24) is 15.0 Å². The first-order valence-electron chi connectivity index (χ1n) is 10.3. The molecule has 1 N–H and O–H groups in total. The van der Waals surface area contributed by atoms with E-state index in [0.717, 1.165) is 22.3 Å². The van der Waals surface area contributed by atoms with E-state index in [1.54, 1.807) is 29.1 Å². The Kier molecular flexibility index (Phi) is 5.50. The third-order valence-electron chi connectivity index (χ3n) is 5.12. The van der Waals surface area contributed by atoms with Gasteiger partial charge < -0.3 is 9.73 Å². The number of hydrogen-bond acceptors (Lipinski definition) is 4. The first-order chi connectivity index (χ1) is 16.0. The molecule has 0 aliphatic rings. The summed E-state index contributed by atoms with van der Waals surface area (Å²) in [5.41, 5.74) is 4.82. The molecule has 0 atom stereocenters. The lowest BCUT2D eigenvalue weighted by Gasteiger charge is -2.01. The molecular formula is C26H19ClN4O2. The SMILES string of the molecule is Cc1ccc(-c2ccc(/C=C/C(=O)Nc3ccc4nn(-c5ccccc5)nc4c3)o2)cc1Cl. The van der Waals surface area contributed by atoms with Gasteiger partial charge in [-0.15, -0.1) is 10.2 Å². The Balaban J connectivity index is 1.28. The number of fused-ring (bicyclic) bond motifs is 1. The van der Waals surface area contributed by atoms with Crippen molar-refractivity contribution < 1.29 is 9.21 Å². The first kappa shape index (κ1) is 20.7. The zero-order valence-electron chi connectivity index (χ0n) is 17.7. The molecule has 0 saturated carbocycles. The smallest absolute Gasteiger partial charge is 0.248 e. The number of halogens is 1. The number of rotatable bonds is 5. The van der Waals surface area contributed by atoms with Crippen LogP contribution < -0.4 is 5.32 Å². The van der Waals surface area contributed by atoms with Crippen LogP contribution in [-0.2, 0) is 4.79 Å². The summed E-state index contributed by atoms with van der Waals surface area (Å²) < 4.78 is 5.82. The lowest BCUT2D eigenvalue weighted by atomic mass is 10.1. The van der Waals surface area contributed by atoms with Gasteiger partial charge in [0.2, 0.25) is 5.91 Å². The fourth-order valence-corrected chi connectivity index (χ4v) is 3.54. The Hall–Kier alpha value is -4.16. The van der Waals surface area contributed by atoms with E-state index in [2.05, 4.69) is 15.5 Å². The molecule has 33 heavy (non-hydrogen) atoms. The molecule has 3 aromatic carbocycles. The Labute approximate surface area is 195 Å². The van der Waals surface area contributed by atoms with Gasteiger partial charge in [-0.05, 0) is 67.1 Å². The van der Waals surface area contributed by atoms with Gasteiger partial charge in [0.05, 0.1) is 5.69 Å². The van der Waals surface area contributed by atoms with E-state index in [-0.39, 0.29) is 5.91 Å².